The second-order valence-electron chi connectivity index (χ2n) is 8.16. The number of nitrogens with one attached hydrogen (secondary N) is 1. The summed E-state index contributed by atoms with van der Waals surface area (Å²) in [4.78, 5) is 11.3. The molecule has 0 aliphatic heterocycles. The second-order valence-corrected chi connectivity index (χ2v) is 8.16. The monoisotopic (exact) mass is 412 g/mol. The maximum Gasteiger partial charge on any atom is 0.248 e. The minimum atomic E-state index is -0.431. The molecule has 160 valence electrons. The Balaban J connectivity index is 1.80. The standard InChI is InChI=1S/C28H32N2O/c1-6-21(7-2)24-12-14-26(18(3)16-24)27-15-13-25(17-19(27)4)30-20(5)22-8-10-23(11-9-22)28(29)31/h8-17,21,30H,5-7H2,1-4H3,(H2,29,31). The van der Waals surface area contributed by atoms with E-state index in [1.54, 1.807) is 12.1 Å². The first kappa shape index (κ1) is 22.4. The van der Waals surface area contributed by atoms with Crippen LogP contribution in [-0.2, 0) is 0 Å². The Bertz CT molecular complexity index is 1090. The van der Waals surface area contributed by atoms with E-state index in [2.05, 4.69) is 76.0 Å². The van der Waals surface area contributed by atoms with E-state index in [-0.39, 0.29) is 0 Å². The molecule has 0 spiro atoms. The van der Waals surface area contributed by atoms with E-state index >= 15 is 0 Å². The fraction of sp³-hybridized carbons (Fsp3) is 0.250. The molecule has 3 heteroatoms. The highest BCUT2D eigenvalue weighted by atomic mass is 16.1. The average Bonchev–Trinajstić information content (AvgIpc) is 2.75. The van der Waals surface area contributed by atoms with Crippen molar-refractivity contribution in [3.8, 4) is 11.1 Å². The van der Waals surface area contributed by atoms with Gasteiger partial charge in [-0.1, -0.05) is 56.8 Å². The zero-order valence-corrected chi connectivity index (χ0v) is 19.0. The van der Waals surface area contributed by atoms with Crippen LogP contribution in [0.3, 0.4) is 0 Å². The number of carbonyl (C=O) groups excluding carboxylic acids is 1. The van der Waals surface area contributed by atoms with Crippen molar-refractivity contribution in [1.82, 2.24) is 0 Å². The number of benzene rings is 3. The SMILES string of the molecule is C=C(Nc1ccc(-c2ccc(C(CC)CC)cc2C)c(C)c1)c1ccc(C(N)=O)cc1. The van der Waals surface area contributed by atoms with Crippen molar-refractivity contribution in [1.29, 1.82) is 0 Å². The Kier molecular flexibility index (Phi) is 6.96. The van der Waals surface area contributed by atoms with Crippen LogP contribution in [0.25, 0.3) is 16.8 Å². The lowest BCUT2D eigenvalue weighted by atomic mass is 9.89. The Morgan fingerprint density at radius 2 is 1.42 bits per heavy atom. The largest absolute Gasteiger partial charge is 0.366 e. The molecule has 0 aromatic heterocycles. The van der Waals surface area contributed by atoms with Crippen LogP contribution in [0.5, 0.6) is 0 Å². The van der Waals surface area contributed by atoms with Gasteiger partial charge in [0.2, 0.25) is 5.91 Å². The van der Waals surface area contributed by atoms with Gasteiger partial charge in [-0.05, 0) is 90.3 Å². The molecule has 0 aliphatic rings. The summed E-state index contributed by atoms with van der Waals surface area (Å²) in [5.41, 5.74) is 14.9. The van der Waals surface area contributed by atoms with E-state index in [1.165, 1.54) is 40.7 Å². The average molecular weight is 413 g/mol. The number of hydrogen-bond acceptors (Lipinski definition) is 2. The predicted octanol–water partition coefficient (Wildman–Crippen LogP) is 7.06. The molecule has 0 fully saturated rings. The molecule has 0 saturated carbocycles. The number of carbonyl (C=O) groups is 1. The first-order valence-corrected chi connectivity index (χ1v) is 10.9. The first-order valence-electron chi connectivity index (χ1n) is 10.9. The van der Waals surface area contributed by atoms with Gasteiger partial charge in [-0.2, -0.15) is 0 Å². The summed E-state index contributed by atoms with van der Waals surface area (Å²) in [7, 11) is 0. The van der Waals surface area contributed by atoms with Crippen LogP contribution in [0, 0.1) is 13.8 Å². The molecule has 0 saturated heterocycles. The van der Waals surface area contributed by atoms with Gasteiger partial charge in [0.1, 0.15) is 0 Å². The lowest BCUT2D eigenvalue weighted by Crippen LogP contribution is -2.10. The molecular weight excluding hydrogens is 380 g/mol. The quantitative estimate of drug-likeness (QED) is 0.416. The van der Waals surface area contributed by atoms with Crippen molar-refractivity contribution in [2.24, 2.45) is 5.73 Å². The second kappa shape index (κ2) is 9.65. The van der Waals surface area contributed by atoms with Crippen molar-refractivity contribution < 1.29 is 4.79 Å². The van der Waals surface area contributed by atoms with Gasteiger partial charge in [-0.25, -0.2) is 0 Å². The third-order valence-corrected chi connectivity index (χ3v) is 6.04. The molecule has 3 rings (SSSR count). The summed E-state index contributed by atoms with van der Waals surface area (Å²) < 4.78 is 0. The molecule has 3 N–H and O–H groups in total. The number of anilines is 1. The Labute approximate surface area is 186 Å². The summed E-state index contributed by atoms with van der Waals surface area (Å²) >= 11 is 0. The van der Waals surface area contributed by atoms with Crippen LogP contribution >= 0.6 is 0 Å². The molecule has 0 atom stereocenters. The van der Waals surface area contributed by atoms with Crippen molar-refractivity contribution in [2.45, 2.75) is 46.5 Å². The molecule has 1 amide bonds. The van der Waals surface area contributed by atoms with Crippen molar-refractivity contribution >= 4 is 17.3 Å². The van der Waals surface area contributed by atoms with Crippen molar-refractivity contribution in [2.75, 3.05) is 5.32 Å². The normalized spacial score (nSPS) is 10.9. The zero-order chi connectivity index (χ0) is 22.5. The fourth-order valence-electron chi connectivity index (χ4n) is 4.13. The van der Waals surface area contributed by atoms with Gasteiger partial charge in [0.25, 0.3) is 0 Å². The van der Waals surface area contributed by atoms with E-state index in [4.69, 9.17) is 5.73 Å². The number of primary amides is 1. The molecule has 31 heavy (non-hydrogen) atoms. The molecule has 0 heterocycles. The molecule has 0 radical (unpaired) electrons. The molecule has 3 aromatic rings. The van der Waals surface area contributed by atoms with E-state index in [1.807, 2.05) is 12.1 Å². The molecule has 0 aliphatic carbocycles. The Hall–Kier alpha value is -3.33. The highest BCUT2D eigenvalue weighted by molar-refractivity contribution is 5.93. The van der Waals surface area contributed by atoms with Gasteiger partial charge in [0, 0.05) is 16.9 Å². The maximum absolute atomic E-state index is 11.3. The van der Waals surface area contributed by atoms with Crippen LogP contribution < -0.4 is 11.1 Å². The third-order valence-electron chi connectivity index (χ3n) is 6.04. The Morgan fingerprint density at radius 1 is 0.871 bits per heavy atom. The van der Waals surface area contributed by atoms with Gasteiger partial charge < -0.3 is 11.1 Å². The highest BCUT2D eigenvalue weighted by Crippen LogP contribution is 2.32. The fourth-order valence-corrected chi connectivity index (χ4v) is 4.13. The number of amides is 1. The van der Waals surface area contributed by atoms with Crippen LogP contribution in [-0.4, -0.2) is 5.91 Å². The van der Waals surface area contributed by atoms with E-state index < -0.39 is 5.91 Å². The number of nitrogens with two attached hydrogens (primary N) is 1. The lowest BCUT2D eigenvalue weighted by Gasteiger charge is -2.17. The van der Waals surface area contributed by atoms with Gasteiger partial charge in [-0.15, -0.1) is 0 Å². The minimum absolute atomic E-state index is 0.431. The maximum atomic E-state index is 11.3. The predicted molar refractivity (Wildman–Crippen MR) is 132 cm³/mol. The topological polar surface area (TPSA) is 55.1 Å². The van der Waals surface area contributed by atoms with Gasteiger partial charge in [0.15, 0.2) is 0 Å². The summed E-state index contributed by atoms with van der Waals surface area (Å²) in [6.45, 7) is 13.0. The van der Waals surface area contributed by atoms with Gasteiger partial charge >= 0.3 is 0 Å². The van der Waals surface area contributed by atoms with E-state index in [0.29, 0.717) is 11.5 Å². The summed E-state index contributed by atoms with van der Waals surface area (Å²) in [6, 6.07) is 20.4. The van der Waals surface area contributed by atoms with Crippen molar-refractivity contribution in [3.63, 3.8) is 0 Å². The summed E-state index contributed by atoms with van der Waals surface area (Å²) in [6.07, 6.45) is 2.34. The van der Waals surface area contributed by atoms with E-state index in [0.717, 1.165) is 16.9 Å². The number of hydrogen-bond donors (Lipinski definition) is 2. The smallest absolute Gasteiger partial charge is 0.248 e. The van der Waals surface area contributed by atoms with Crippen LogP contribution in [0.4, 0.5) is 5.69 Å². The van der Waals surface area contributed by atoms with Crippen LogP contribution in [0.15, 0.2) is 67.2 Å². The minimum Gasteiger partial charge on any atom is -0.366 e. The third kappa shape index (κ3) is 5.05. The lowest BCUT2D eigenvalue weighted by molar-refractivity contribution is 0.100. The molecule has 0 unspecified atom stereocenters. The summed E-state index contributed by atoms with van der Waals surface area (Å²) in [5.74, 6) is 0.197. The number of aryl methyl sites for hydroxylation is 2. The van der Waals surface area contributed by atoms with E-state index in [9.17, 15) is 4.79 Å². The molecule has 3 nitrogen and oxygen atoms in total. The Morgan fingerprint density at radius 3 is 1.94 bits per heavy atom. The number of rotatable bonds is 8. The molecular formula is C28H32N2O. The van der Waals surface area contributed by atoms with Crippen molar-refractivity contribution in [3.05, 3.63) is 95.1 Å². The highest BCUT2D eigenvalue weighted by Gasteiger charge is 2.11. The van der Waals surface area contributed by atoms with Crippen LogP contribution in [0.2, 0.25) is 0 Å². The van der Waals surface area contributed by atoms with Crippen LogP contribution in [0.1, 0.15) is 65.2 Å². The van der Waals surface area contributed by atoms with Gasteiger partial charge in [-0.3, -0.25) is 4.79 Å². The molecule has 0 bridgehead atoms. The summed E-state index contributed by atoms with van der Waals surface area (Å²) in [5, 5.41) is 3.37. The van der Waals surface area contributed by atoms with Gasteiger partial charge in [0.05, 0.1) is 0 Å². The molecule has 3 aromatic carbocycles. The zero-order valence-electron chi connectivity index (χ0n) is 19.0. The first-order chi connectivity index (χ1) is 14.8.